The molecule has 0 bridgehead atoms. The Morgan fingerprint density at radius 1 is 1.17 bits per heavy atom. The summed E-state index contributed by atoms with van der Waals surface area (Å²) in [5, 5.41) is 0.685. The van der Waals surface area contributed by atoms with Gasteiger partial charge in [-0.2, -0.15) is 0 Å². The van der Waals surface area contributed by atoms with Crippen molar-refractivity contribution in [2.45, 2.75) is 19.4 Å². The van der Waals surface area contributed by atoms with Gasteiger partial charge in [0.2, 0.25) is 0 Å². The Labute approximate surface area is 112 Å². The smallest absolute Gasteiger partial charge is 0.145 e. The highest BCUT2D eigenvalue weighted by atomic mass is 35.5. The molecule has 18 heavy (non-hydrogen) atoms. The fourth-order valence-corrected chi connectivity index (χ4v) is 1.65. The monoisotopic (exact) mass is 262 g/mol. The van der Waals surface area contributed by atoms with Crippen molar-refractivity contribution in [3.8, 4) is 11.5 Å². The molecule has 0 saturated heterocycles. The van der Waals surface area contributed by atoms with Gasteiger partial charge in [-0.3, -0.25) is 4.98 Å². The fraction of sp³-hybridized carbons (Fsp3) is 0.214. The molecule has 1 atom stereocenters. The van der Waals surface area contributed by atoms with Crippen molar-refractivity contribution in [2.24, 2.45) is 5.73 Å². The van der Waals surface area contributed by atoms with Gasteiger partial charge in [-0.25, -0.2) is 0 Å². The van der Waals surface area contributed by atoms with Crippen LogP contribution >= 0.6 is 11.6 Å². The summed E-state index contributed by atoms with van der Waals surface area (Å²) in [6.07, 6.45) is 2.55. The second-order valence-corrected chi connectivity index (χ2v) is 4.43. The Morgan fingerprint density at radius 2 is 1.83 bits per heavy atom. The summed E-state index contributed by atoms with van der Waals surface area (Å²) in [5.74, 6) is 1.41. The molecule has 2 aromatic rings. The van der Waals surface area contributed by atoms with Crippen LogP contribution in [0.2, 0.25) is 5.02 Å². The van der Waals surface area contributed by atoms with Gasteiger partial charge in [0.05, 0.1) is 11.9 Å². The summed E-state index contributed by atoms with van der Waals surface area (Å²) in [5.41, 5.74) is 6.77. The van der Waals surface area contributed by atoms with E-state index in [9.17, 15) is 0 Å². The van der Waals surface area contributed by atoms with Crippen molar-refractivity contribution < 1.29 is 4.74 Å². The van der Waals surface area contributed by atoms with Crippen molar-refractivity contribution in [2.75, 3.05) is 0 Å². The van der Waals surface area contributed by atoms with Crippen LogP contribution in [0.25, 0.3) is 0 Å². The van der Waals surface area contributed by atoms with Crippen molar-refractivity contribution in [1.82, 2.24) is 4.98 Å². The number of rotatable bonds is 4. The van der Waals surface area contributed by atoms with Crippen LogP contribution in [0.1, 0.15) is 25.1 Å². The Morgan fingerprint density at radius 3 is 2.39 bits per heavy atom. The number of pyridine rings is 1. The first kappa shape index (κ1) is 12.9. The van der Waals surface area contributed by atoms with Crippen LogP contribution in [-0.2, 0) is 0 Å². The molecule has 0 spiro atoms. The molecule has 1 heterocycles. The maximum absolute atomic E-state index is 5.90. The van der Waals surface area contributed by atoms with E-state index >= 15 is 0 Å². The Hall–Kier alpha value is -1.58. The standard InChI is InChI=1S/C14H15ClN2O/c1-2-13(16)14-8-7-12(9-17-14)18-11-5-3-10(15)4-6-11/h3-9,13H,2,16H2,1H3/t13-/m0/s1. The molecule has 0 fully saturated rings. The van der Waals surface area contributed by atoms with Crippen LogP contribution in [-0.4, -0.2) is 4.98 Å². The molecule has 3 nitrogen and oxygen atoms in total. The largest absolute Gasteiger partial charge is 0.456 e. The van der Waals surface area contributed by atoms with Crippen LogP contribution in [0.5, 0.6) is 11.5 Å². The number of halogens is 1. The topological polar surface area (TPSA) is 48.1 Å². The molecule has 0 amide bonds. The van der Waals surface area contributed by atoms with E-state index in [1.54, 1.807) is 18.3 Å². The zero-order valence-corrected chi connectivity index (χ0v) is 10.9. The SMILES string of the molecule is CC[C@H](N)c1ccc(Oc2ccc(Cl)cc2)cn1. The molecule has 94 valence electrons. The molecule has 0 aliphatic rings. The second-order valence-electron chi connectivity index (χ2n) is 3.99. The molecule has 1 aromatic heterocycles. The number of nitrogens with two attached hydrogens (primary N) is 1. The normalized spacial score (nSPS) is 12.2. The summed E-state index contributed by atoms with van der Waals surface area (Å²) in [7, 11) is 0. The molecule has 1 aromatic carbocycles. The number of hydrogen-bond donors (Lipinski definition) is 1. The third-order valence-electron chi connectivity index (χ3n) is 2.63. The average Bonchev–Trinajstić information content (AvgIpc) is 2.41. The molecule has 0 saturated carbocycles. The van der Waals surface area contributed by atoms with Crippen molar-refractivity contribution >= 4 is 11.6 Å². The summed E-state index contributed by atoms with van der Waals surface area (Å²) in [4.78, 5) is 4.29. The lowest BCUT2D eigenvalue weighted by Gasteiger charge is -2.09. The van der Waals surface area contributed by atoms with E-state index in [1.807, 2.05) is 31.2 Å². The lowest BCUT2D eigenvalue weighted by Crippen LogP contribution is -2.10. The highest BCUT2D eigenvalue weighted by molar-refractivity contribution is 6.30. The predicted octanol–water partition coefficient (Wildman–Crippen LogP) is 3.94. The lowest BCUT2D eigenvalue weighted by molar-refractivity contribution is 0.479. The first-order chi connectivity index (χ1) is 8.69. The van der Waals surface area contributed by atoms with Gasteiger partial charge in [-0.15, -0.1) is 0 Å². The van der Waals surface area contributed by atoms with E-state index in [2.05, 4.69) is 4.98 Å². The number of ether oxygens (including phenoxy) is 1. The third kappa shape index (κ3) is 3.22. The summed E-state index contributed by atoms with van der Waals surface area (Å²) in [6, 6.07) is 10.9. The molecular formula is C14H15ClN2O. The number of nitrogens with zero attached hydrogens (tertiary/aromatic N) is 1. The molecule has 0 aliphatic heterocycles. The van der Waals surface area contributed by atoms with Crippen LogP contribution in [0, 0.1) is 0 Å². The van der Waals surface area contributed by atoms with Gasteiger partial charge in [0.1, 0.15) is 11.5 Å². The molecular weight excluding hydrogens is 248 g/mol. The average molecular weight is 263 g/mol. The minimum Gasteiger partial charge on any atom is -0.456 e. The molecule has 0 unspecified atom stereocenters. The fourth-order valence-electron chi connectivity index (χ4n) is 1.52. The van der Waals surface area contributed by atoms with E-state index in [0.717, 1.165) is 17.9 Å². The first-order valence-electron chi connectivity index (χ1n) is 5.84. The highest BCUT2D eigenvalue weighted by Gasteiger charge is 2.05. The van der Waals surface area contributed by atoms with Gasteiger partial charge in [0.15, 0.2) is 0 Å². The summed E-state index contributed by atoms with van der Waals surface area (Å²) < 4.78 is 5.64. The Balaban J connectivity index is 2.08. The quantitative estimate of drug-likeness (QED) is 0.908. The molecule has 4 heteroatoms. The number of hydrogen-bond acceptors (Lipinski definition) is 3. The number of aromatic nitrogens is 1. The van der Waals surface area contributed by atoms with Gasteiger partial charge in [0, 0.05) is 11.1 Å². The van der Waals surface area contributed by atoms with Gasteiger partial charge in [-0.05, 0) is 42.8 Å². The van der Waals surface area contributed by atoms with Gasteiger partial charge in [0.25, 0.3) is 0 Å². The maximum Gasteiger partial charge on any atom is 0.145 e. The lowest BCUT2D eigenvalue weighted by atomic mass is 10.1. The molecule has 2 N–H and O–H groups in total. The highest BCUT2D eigenvalue weighted by Crippen LogP contribution is 2.23. The third-order valence-corrected chi connectivity index (χ3v) is 2.88. The Bertz CT molecular complexity index is 496. The molecule has 2 rings (SSSR count). The van der Waals surface area contributed by atoms with Crippen molar-refractivity contribution in [3.63, 3.8) is 0 Å². The zero-order valence-electron chi connectivity index (χ0n) is 10.1. The van der Waals surface area contributed by atoms with E-state index in [1.165, 1.54) is 0 Å². The van der Waals surface area contributed by atoms with E-state index in [4.69, 9.17) is 22.1 Å². The van der Waals surface area contributed by atoms with Crippen LogP contribution in [0.3, 0.4) is 0 Å². The van der Waals surface area contributed by atoms with Gasteiger partial charge >= 0.3 is 0 Å². The summed E-state index contributed by atoms with van der Waals surface area (Å²) >= 11 is 5.80. The second kappa shape index (κ2) is 5.85. The summed E-state index contributed by atoms with van der Waals surface area (Å²) in [6.45, 7) is 2.03. The van der Waals surface area contributed by atoms with Crippen LogP contribution < -0.4 is 10.5 Å². The molecule has 0 radical (unpaired) electrons. The van der Waals surface area contributed by atoms with Crippen LogP contribution in [0.15, 0.2) is 42.6 Å². The van der Waals surface area contributed by atoms with Crippen molar-refractivity contribution in [3.05, 3.63) is 53.3 Å². The van der Waals surface area contributed by atoms with Crippen LogP contribution in [0.4, 0.5) is 0 Å². The predicted molar refractivity (Wildman–Crippen MR) is 73.0 cm³/mol. The van der Waals surface area contributed by atoms with Gasteiger partial charge < -0.3 is 10.5 Å². The first-order valence-corrected chi connectivity index (χ1v) is 6.22. The van der Waals surface area contributed by atoms with Gasteiger partial charge in [-0.1, -0.05) is 18.5 Å². The zero-order chi connectivity index (χ0) is 13.0. The maximum atomic E-state index is 5.90. The number of benzene rings is 1. The minimum atomic E-state index is -0.0189. The van der Waals surface area contributed by atoms with E-state index in [0.29, 0.717) is 10.8 Å². The minimum absolute atomic E-state index is 0.0189. The van der Waals surface area contributed by atoms with Crippen molar-refractivity contribution in [1.29, 1.82) is 0 Å². The van der Waals surface area contributed by atoms with E-state index in [-0.39, 0.29) is 6.04 Å². The molecule has 0 aliphatic carbocycles. The van der Waals surface area contributed by atoms with E-state index < -0.39 is 0 Å². The Kier molecular flexibility index (Phi) is 4.18.